The quantitative estimate of drug-likeness (QED) is 0.572. The fraction of sp³-hybridized carbons (Fsp3) is 0.238. The summed E-state index contributed by atoms with van der Waals surface area (Å²) >= 11 is 0. The summed E-state index contributed by atoms with van der Waals surface area (Å²) in [6.07, 6.45) is -0.641. The predicted molar refractivity (Wildman–Crippen MR) is 110 cm³/mol. The summed E-state index contributed by atoms with van der Waals surface area (Å²) in [7, 11) is 0. The van der Waals surface area contributed by atoms with Gasteiger partial charge in [0.2, 0.25) is 0 Å². The average molecular weight is 413 g/mol. The zero-order valence-electron chi connectivity index (χ0n) is 16.7. The molecule has 2 aromatic carbocycles. The standard InChI is InChI=1S/C21H23N3O6/c1-3-22-19(26)14-7-5-9-16(11-14)23-18(25)13-30-20(27)15-8-6-10-17(12-15)24-21(28)29-4-2/h5-12H,3-4,13H2,1-2H3,(H,22,26)(H,23,25)(H,24,28). The molecule has 2 rings (SSSR count). The van der Waals surface area contributed by atoms with Crippen LogP contribution in [0.3, 0.4) is 0 Å². The molecule has 0 aromatic heterocycles. The lowest BCUT2D eigenvalue weighted by Gasteiger charge is -2.09. The van der Waals surface area contributed by atoms with Crippen LogP contribution in [0, 0.1) is 0 Å². The van der Waals surface area contributed by atoms with Crippen LogP contribution in [0.1, 0.15) is 34.6 Å². The molecule has 0 bridgehead atoms. The van der Waals surface area contributed by atoms with Crippen LogP contribution in [-0.2, 0) is 14.3 Å². The van der Waals surface area contributed by atoms with Gasteiger partial charge in [0.05, 0.1) is 12.2 Å². The predicted octanol–water partition coefficient (Wildman–Crippen LogP) is 2.80. The number of ether oxygens (including phenoxy) is 2. The van der Waals surface area contributed by atoms with Gasteiger partial charge in [-0.05, 0) is 50.2 Å². The van der Waals surface area contributed by atoms with Crippen molar-refractivity contribution in [3.63, 3.8) is 0 Å². The normalized spacial score (nSPS) is 9.93. The maximum absolute atomic E-state index is 12.2. The maximum atomic E-state index is 12.2. The van der Waals surface area contributed by atoms with Gasteiger partial charge >= 0.3 is 12.1 Å². The summed E-state index contributed by atoms with van der Waals surface area (Å²) in [5.74, 6) is -1.54. The van der Waals surface area contributed by atoms with Crippen LogP contribution in [0.5, 0.6) is 0 Å². The SMILES string of the molecule is CCNC(=O)c1cccc(NC(=O)COC(=O)c2cccc(NC(=O)OCC)c2)c1. The van der Waals surface area contributed by atoms with Crippen molar-refractivity contribution in [1.29, 1.82) is 0 Å². The molecule has 0 atom stereocenters. The molecular weight excluding hydrogens is 390 g/mol. The van der Waals surface area contributed by atoms with Gasteiger partial charge in [0.25, 0.3) is 11.8 Å². The number of hydrogen-bond acceptors (Lipinski definition) is 6. The Labute approximate surface area is 173 Å². The minimum absolute atomic E-state index is 0.162. The molecule has 0 spiro atoms. The third kappa shape index (κ3) is 6.93. The van der Waals surface area contributed by atoms with Gasteiger partial charge in [0.15, 0.2) is 6.61 Å². The number of esters is 1. The van der Waals surface area contributed by atoms with E-state index in [0.29, 0.717) is 23.5 Å². The average Bonchev–Trinajstić information content (AvgIpc) is 2.72. The van der Waals surface area contributed by atoms with Crippen LogP contribution in [0.15, 0.2) is 48.5 Å². The number of anilines is 2. The Morgan fingerprint density at radius 2 is 1.47 bits per heavy atom. The van der Waals surface area contributed by atoms with Crippen molar-refractivity contribution in [1.82, 2.24) is 5.32 Å². The first-order chi connectivity index (χ1) is 14.4. The second-order valence-corrected chi connectivity index (χ2v) is 5.99. The number of hydrogen-bond donors (Lipinski definition) is 3. The molecule has 0 heterocycles. The van der Waals surface area contributed by atoms with Crippen LogP contribution in [0.25, 0.3) is 0 Å². The molecule has 3 N–H and O–H groups in total. The summed E-state index contributed by atoms with van der Waals surface area (Å²) in [6, 6.07) is 12.4. The molecule has 158 valence electrons. The second-order valence-electron chi connectivity index (χ2n) is 5.99. The van der Waals surface area contributed by atoms with Gasteiger partial charge in [0.1, 0.15) is 0 Å². The maximum Gasteiger partial charge on any atom is 0.411 e. The van der Waals surface area contributed by atoms with E-state index in [9.17, 15) is 19.2 Å². The number of amides is 3. The van der Waals surface area contributed by atoms with Crippen molar-refractivity contribution in [2.75, 3.05) is 30.4 Å². The fourth-order valence-electron chi connectivity index (χ4n) is 2.42. The highest BCUT2D eigenvalue weighted by atomic mass is 16.5. The number of nitrogens with one attached hydrogen (secondary N) is 3. The van der Waals surface area contributed by atoms with Gasteiger partial charge in [-0.3, -0.25) is 14.9 Å². The van der Waals surface area contributed by atoms with E-state index in [4.69, 9.17) is 9.47 Å². The van der Waals surface area contributed by atoms with Gasteiger partial charge in [-0.15, -0.1) is 0 Å². The molecule has 30 heavy (non-hydrogen) atoms. The first kappa shape index (κ1) is 22.4. The molecule has 0 aliphatic rings. The van der Waals surface area contributed by atoms with Crippen molar-refractivity contribution in [2.24, 2.45) is 0 Å². The summed E-state index contributed by atoms with van der Waals surface area (Å²) in [4.78, 5) is 47.6. The van der Waals surface area contributed by atoms with E-state index >= 15 is 0 Å². The summed E-state index contributed by atoms with van der Waals surface area (Å²) in [5.41, 5.74) is 1.32. The third-order valence-corrected chi connectivity index (χ3v) is 3.70. The van der Waals surface area contributed by atoms with E-state index in [2.05, 4.69) is 16.0 Å². The smallest absolute Gasteiger partial charge is 0.411 e. The number of rotatable bonds is 8. The zero-order valence-corrected chi connectivity index (χ0v) is 16.7. The molecule has 0 aliphatic heterocycles. The van der Waals surface area contributed by atoms with Gasteiger partial charge in [0, 0.05) is 23.5 Å². The third-order valence-electron chi connectivity index (χ3n) is 3.70. The molecule has 2 aromatic rings. The zero-order chi connectivity index (χ0) is 21.9. The lowest BCUT2D eigenvalue weighted by molar-refractivity contribution is -0.119. The minimum atomic E-state index is -0.728. The Hall–Kier alpha value is -3.88. The Balaban J connectivity index is 1.90. The van der Waals surface area contributed by atoms with Crippen molar-refractivity contribution < 1.29 is 28.7 Å². The lowest BCUT2D eigenvalue weighted by atomic mass is 10.2. The second kappa shape index (κ2) is 11.2. The van der Waals surface area contributed by atoms with Gasteiger partial charge < -0.3 is 20.1 Å². The van der Waals surface area contributed by atoms with Crippen LogP contribution >= 0.6 is 0 Å². The van der Waals surface area contributed by atoms with Gasteiger partial charge in [-0.2, -0.15) is 0 Å². The first-order valence-corrected chi connectivity index (χ1v) is 9.32. The first-order valence-electron chi connectivity index (χ1n) is 9.32. The van der Waals surface area contributed by atoms with E-state index in [1.807, 2.05) is 0 Å². The van der Waals surface area contributed by atoms with Crippen LogP contribution in [0.2, 0.25) is 0 Å². The summed E-state index contributed by atoms with van der Waals surface area (Å²) in [6.45, 7) is 3.67. The van der Waals surface area contributed by atoms with Crippen molar-refractivity contribution in [3.8, 4) is 0 Å². The number of carbonyl (C=O) groups excluding carboxylic acids is 4. The number of benzene rings is 2. The molecule has 9 heteroatoms. The summed E-state index contributed by atoms with van der Waals surface area (Å²) in [5, 5.41) is 7.71. The number of carbonyl (C=O) groups is 4. The van der Waals surface area contributed by atoms with Crippen molar-refractivity contribution in [3.05, 3.63) is 59.7 Å². The largest absolute Gasteiger partial charge is 0.452 e. The van der Waals surface area contributed by atoms with Crippen LogP contribution < -0.4 is 16.0 Å². The molecular formula is C21H23N3O6. The molecule has 3 amide bonds. The summed E-state index contributed by atoms with van der Waals surface area (Å²) < 4.78 is 9.79. The highest BCUT2D eigenvalue weighted by molar-refractivity contribution is 5.98. The Morgan fingerprint density at radius 3 is 2.13 bits per heavy atom. The highest BCUT2D eigenvalue weighted by Crippen LogP contribution is 2.13. The van der Waals surface area contributed by atoms with E-state index in [-0.39, 0.29) is 18.1 Å². The molecule has 0 saturated carbocycles. The molecule has 0 fully saturated rings. The highest BCUT2D eigenvalue weighted by Gasteiger charge is 2.13. The van der Waals surface area contributed by atoms with E-state index in [0.717, 1.165) is 0 Å². The topological polar surface area (TPSA) is 123 Å². The van der Waals surface area contributed by atoms with E-state index < -0.39 is 24.6 Å². The molecule has 0 aliphatic carbocycles. The Bertz CT molecular complexity index is 928. The van der Waals surface area contributed by atoms with Gasteiger partial charge in [-0.25, -0.2) is 9.59 Å². The lowest BCUT2D eigenvalue weighted by Crippen LogP contribution is -2.23. The van der Waals surface area contributed by atoms with Crippen LogP contribution in [-0.4, -0.2) is 43.6 Å². The van der Waals surface area contributed by atoms with E-state index in [1.54, 1.807) is 44.2 Å². The molecule has 0 radical (unpaired) electrons. The fourth-order valence-corrected chi connectivity index (χ4v) is 2.42. The Morgan fingerprint density at radius 1 is 0.833 bits per heavy atom. The molecule has 9 nitrogen and oxygen atoms in total. The molecule has 0 saturated heterocycles. The van der Waals surface area contributed by atoms with Gasteiger partial charge in [-0.1, -0.05) is 12.1 Å². The monoisotopic (exact) mass is 413 g/mol. The minimum Gasteiger partial charge on any atom is -0.452 e. The van der Waals surface area contributed by atoms with Crippen LogP contribution in [0.4, 0.5) is 16.2 Å². The molecule has 0 unspecified atom stereocenters. The Kier molecular flexibility index (Phi) is 8.37. The van der Waals surface area contributed by atoms with E-state index in [1.165, 1.54) is 18.2 Å². The van der Waals surface area contributed by atoms with Crippen molar-refractivity contribution >= 4 is 35.3 Å². The van der Waals surface area contributed by atoms with Crippen molar-refractivity contribution in [2.45, 2.75) is 13.8 Å².